The van der Waals surface area contributed by atoms with Crippen molar-refractivity contribution in [2.24, 2.45) is 11.7 Å². The molecule has 3 heteroatoms. The molecule has 3 N–H and O–H groups in total. The van der Waals surface area contributed by atoms with Gasteiger partial charge in [-0.3, -0.25) is 0 Å². The molecule has 1 unspecified atom stereocenters. The maximum Gasteiger partial charge on any atom is 0.0754 e. The fourth-order valence-electron chi connectivity index (χ4n) is 1.77. The summed E-state index contributed by atoms with van der Waals surface area (Å²) in [5.41, 5.74) is 6.77. The predicted octanol–water partition coefficient (Wildman–Crippen LogP) is 3.71. The van der Waals surface area contributed by atoms with E-state index in [-0.39, 0.29) is 0 Å². The summed E-state index contributed by atoms with van der Waals surface area (Å²) in [6.07, 6.45) is 10.6. The Kier molecular flexibility index (Phi) is 10.3. The third kappa shape index (κ3) is 9.19. The molecule has 1 atom stereocenters. The third-order valence-corrected chi connectivity index (χ3v) is 3.13. The van der Waals surface area contributed by atoms with Crippen LogP contribution in [0.5, 0.6) is 0 Å². The van der Waals surface area contributed by atoms with Gasteiger partial charge in [0, 0.05) is 0 Å². The molecule has 98 valence electrons. The SMILES string of the molecule is C=C/C(=C/C=C(\N)Br)CCCC(CC)CNC. The fourth-order valence-corrected chi connectivity index (χ4v) is 1.91. The van der Waals surface area contributed by atoms with Gasteiger partial charge in [-0.15, -0.1) is 0 Å². The third-order valence-electron chi connectivity index (χ3n) is 2.87. The smallest absolute Gasteiger partial charge is 0.0754 e. The molecule has 0 aliphatic heterocycles. The average molecular weight is 301 g/mol. The van der Waals surface area contributed by atoms with Crippen LogP contribution >= 0.6 is 15.9 Å². The molecule has 2 nitrogen and oxygen atoms in total. The maximum atomic E-state index is 5.52. The molecule has 0 aromatic heterocycles. The van der Waals surface area contributed by atoms with E-state index in [0.29, 0.717) is 4.61 Å². The minimum atomic E-state index is 0.651. The molecule has 0 fully saturated rings. The van der Waals surface area contributed by atoms with Gasteiger partial charge in [-0.05, 0) is 66.4 Å². The Balaban J connectivity index is 4.03. The van der Waals surface area contributed by atoms with Gasteiger partial charge in [-0.2, -0.15) is 0 Å². The van der Waals surface area contributed by atoms with Crippen molar-refractivity contribution < 1.29 is 0 Å². The normalized spacial score (nSPS) is 14.8. The Morgan fingerprint density at radius 2 is 2.18 bits per heavy atom. The minimum absolute atomic E-state index is 0.651. The molecule has 0 radical (unpaired) electrons. The van der Waals surface area contributed by atoms with E-state index in [4.69, 9.17) is 5.73 Å². The monoisotopic (exact) mass is 300 g/mol. The summed E-state index contributed by atoms with van der Waals surface area (Å²) in [4.78, 5) is 0. The second-order valence-electron chi connectivity index (χ2n) is 4.22. The Labute approximate surface area is 114 Å². The van der Waals surface area contributed by atoms with Gasteiger partial charge in [0.25, 0.3) is 0 Å². The lowest BCUT2D eigenvalue weighted by molar-refractivity contribution is 0.437. The molecule has 0 aromatic carbocycles. The molecule has 0 aliphatic carbocycles. The topological polar surface area (TPSA) is 38.0 Å². The fraction of sp³-hybridized carbons (Fsp3) is 0.571. The van der Waals surface area contributed by atoms with Crippen LogP contribution in [-0.4, -0.2) is 13.6 Å². The molecule has 0 bridgehead atoms. The predicted molar refractivity (Wildman–Crippen MR) is 81.0 cm³/mol. The maximum absolute atomic E-state index is 5.52. The summed E-state index contributed by atoms with van der Waals surface area (Å²) in [5, 5.41) is 3.24. The first kappa shape index (κ1) is 16.5. The Morgan fingerprint density at radius 1 is 1.47 bits per heavy atom. The largest absolute Gasteiger partial charge is 0.393 e. The molecule has 0 aliphatic rings. The minimum Gasteiger partial charge on any atom is -0.393 e. The lowest BCUT2D eigenvalue weighted by Gasteiger charge is -2.13. The van der Waals surface area contributed by atoms with Gasteiger partial charge in [-0.1, -0.05) is 32.1 Å². The molecule has 0 aromatic rings. The van der Waals surface area contributed by atoms with Crippen LogP contribution in [0.25, 0.3) is 0 Å². The van der Waals surface area contributed by atoms with Crippen LogP contribution in [0.2, 0.25) is 0 Å². The second kappa shape index (κ2) is 10.6. The van der Waals surface area contributed by atoms with Crippen molar-refractivity contribution in [2.45, 2.75) is 32.6 Å². The van der Waals surface area contributed by atoms with Crippen molar-refractivity contribution in [2.75, 3.05) is 13.6 Å². The van der Waals surface area contributed by atoms with Crippen molar-refractivity contribution in [3.05, 3.63) is 35.0 Å². The average Bonchev–Trinajstić information content (AvgIpc) is 2.31. The summed E-state index contributed by atoms with van der Waals surface area (Å²) < 4.78 is 0.651. The number of nitrogens with one attached hydrogen (secondary N) is 1. The molecule has 0 heterocycles. The number of hydrogen-bond acceptors (Lipinski definition) is 2. The molecular formula is C14H25BrN2. The zero-order chi connectivity index (χ0) is 13.1. The van der Waals surface area contributed by atoms with E-state index < -0.39 is 0 Å². The van der Waals surface area contributed by atoms with Crippen LogP contribution in [-0.2, 0) is 0 Å². The van der Waals surface area contributed by atoms with Crippen LogP contribution in [0, 0.1) is 5.92 Å². The highest BCUT2D eigenvalue weighted by molar-refractivity contribution is 9.11. The number of halogens is 1. The lowest BCUT2D eigenvalue weighted by atomic mass is 9.97. The van der Waals surface area contributed by atoms with Crippen LogP contribution < -0.4 is 11.1 Å². The Morgan fingerprint density at radius 3 is 2.65 bits per heavy atom. The molecular weight excluding hydrogens is 276 g/mol. The standard InChI is InChI=1S/C14H25BrN2/c1-4-12(9-10-14(15)16)7-6-8-13(5-2)11-17-3/h4,9-10,13,17H,1,5-8,11,16H2,2-3H3/b12-9-,14-10-. The number of nitrogens with two attached hydrogens (primary N) is 1. The van der Waals surface area contributed by atoms with E-state index in [9.17, 15) is 0 Å². The van der Waals surface area contributed by atoms with Crippen LogP contribution in [0.15, 0.2) is 35.0 Å². The first-order valence-electron chi connectivity index (χ1n) is 6.22. The number of hydrogen-bond donors (Lipinski definition) is 2. The second-order valence-corrected chi connectivity index (χ2v) is 5.14. The molecule has 0 saturated heterocycles. The number of allylic oxidation sites excluding steroid dienone is 4. The van der Waals surface area contributed by atoms with E-state index in [0.717, 1.165) is 18.9 Å². The highest BCUT2D eigenvalue weighted by atomic mass is 79.9. The van der Waals surface area contributed by atoms with Gasteiger partial charge in [0.2, 0.25) is 0 Å². The van der Waals surface area contributed by atoms with Gasteiger partial charge in [0.1, 0.15) is 0 Å². The summed E-state index contributed by atoms with van der Waals surface area (Å²) >= 11 is 3.21. The number of rotatable bonds is 9. The summed E-state index contributed by atoms with van der Waals surface area (Å²) in [5.74, 6) is 0.780. The summed E-state index contributed by atoms with van der Waals surface area (Å²) in [6, 6.07) is 0. The molecule has 0 amide bonds. The van der Waals surface area contributed by atoms with Gasteiger partial charge >= 0.3 is 0 Å². The van der Waals surface area contributed by atoms with Crippen molar-refractivity contribution in [3.63, 3.8) is 0 Å². The van der Waals surface area contributed by atoms with E-state index in [1.165, 1.54) is 24.8 Å². The van der Waals surface area contributed by atoms with Crippen LogP contribution in [0.1, 0.15) is 32.6 Å². The summed E-state index contributed by atoms with van der Waals surface area (Å²) in [7, 11) is 2.02. The van der Waals surface area contributed by atoms with Crippen molar-refractivity contribution in [1.29, 1.82) is 0 Å². The van der Waals surface area contributed by atoms with Crippen molar-refractivity contribution in [1.82, 2.24) is 5.32 Å². The zero-order valence-corrected chi connectivity index (χ0v) is 12.6. The van der Waals surface area contributed by atoms with E-state index >= 15 is 0 Å². The molecule has 17 heavy (non-hydrogen) atoms. The van der Waals surface area contributed by atoms with Crippen LogP contribution in [0.3, 0.4) is 0 Å². The van der Waals surface area contributed by atoms with E-state index in [1.807, 2.05) is 25.3 Å². The highest BCUT2D eigenvalue weighted by Crippen LogP contribution is 2.16. The van der Waals surface area contributed by atoms with E-state index in [1.54, 1.807) is 0 Å². The van der Waals surface area contributed by atoms with Gasteiger partial charge in [0.15, 0.2) is 0 Å². The van der Waals surface area contributed by atoms with Crippen molar-refractivity contribution >= 4 is 15.9 Å². The van der Waals surface area contributed by atoms with Crippen molar-refractivity contribution in [3.8, 4) is 0 Å². The highest BCUT2D eigenvalue weighted by Gasteiger charge is 2.04. The van der Waals surface area contributed by atoms with E-state index in [2.05, 4.69) is 34.7 Å². The first-order valence-corrected chi connectivity index (χ1v) is 7.02. The molecule has 0 spiro atoms. The molecule has 0 rings (SSSR count). The Bertz CT molecular complexity index is 265. The Hall–Kier alpha value is -0.540. The van der Waals surface area contributed by atoms with Gasteiger partial charge in [-0.25, -0.2) is 0 Å². The lowest BCUT2D eigenvalue weighted by Crippen LogP contribution is -2.18. The molecule has 0 saturated carbocycles. The van der Waals surface area contributed by atoms with Gasteiger partial charge in [0.05, 0.1) is 4.61 Å². The van der Waals surface area contributed by atoms with Crippen LogP contribution in [0.4, 0.5) is 0 Å². The van der Waals surface area contributed by atoms with Gasteiger partial charge < -0.3 is 11.1 Å². The quantitative estimate of drug-likeness (QED) is 0.503. The first-order chi connectivity index (χ1) is 8.13. The zero-order valence-electron chi connectivity index (χ0n) is 11.0. The summed E-state index contributed by atoms with van der Waals surface area (Å²) in [6.45, 7) is 7.19.